The number of benzene rings is 2. The summed E-state index contributed by atoms with van der Waals surface area (Å²) in [4.78, 5) is 37.1. The molecule has 174 valence electrons. The van der Waals surface area contributed by atoms with Crippen molar-refractivity contribution < 1.29 is 28.6 Å². The van der Waals surface area contributed by atoms with Gasteiger partial charge in [-0.25, -0.2) is 14.4 Å². The number of amides is 1. The zero-order valence-electron chi connectivity index (χ0n) is 19.2. The molecule has 0 aliphatic carbocycles. The van der Waals surface area contributed by atoms with Crippen molar-refractivity contribution in [1.82, 2.24) is 9.88 Å². The van der Waals surface area contributed by atoms with E-state index in [9.17, 15) is 14.4 Å². The summed E-state index contributed by atoms with van der Waals surface area (Å²) in [6.07, 6.45) is 0.566. The molecule has 1 atom stereocenters. The van der Waals surface area contributed by atoms with Gasteiger partial charge >= 0.3 is 18.2 Å². The van der Waals surface area contributed by atoms with Gasteiger partial charge in [0.2, 0.25) is 0 Å². The number of rotatable bonds is 6. The summed E-state index contributed by atoms with van der Waals surface area (Å²) < 4.78 is 16.9. The number of carbonyl (C=O) groups excluding carboxylic acids is 3. The summed E-state index contributed by atoms with van der Waals surface area (Å²) in [6, 6.07) is 15.5. The number of esters is 1. The molecule has 1 N–H and O–H groups in total. The lowest BCUT2D eigenvalue weighted by atomic mass is 10.0. The van der Waals surface area contributed by atoms with Crippen LogP contribution in [0.1, 0.15) is 31.9 Å². The molecule has 1 aromatic heterocycles. The van der Waals surface area contributed by atoms with Gasteiger partial charge in [0.05, 0.1) is 12.6 Å². The van der Waals surface area contributed by atoms with Crippen LogP contribution >= 0.6 is 0 Å². The average Bonchev–Trinajstić information content (AvgIpc) is 3.20. The molecule has 0 aliphatic heterocycles. The van der Waals surface area contributed by atoms with Gasteiger partial charge in [-0.3, -0.25) is 4.57 Å². The fourth-order valence-electron chi connectivity index (χ4n) is 3.25. The van der Waals surface area contributed by atoms with E-state index in [2.05, 4.69) is 5.32 Å². The third-order valence-electron chi connectivity index (χ3n) is 4.78. The molecule has 0 spiro atoms. The van der Waals surface area contributed by atoms with E-state index in [0.717, 1.165) is 16.5 Å². The number of methoxy groups -OCH3 is 1. The van der Waals surface area contributed by atoms with Crippen LogP contribution in [0.5, 0.6) is 0 Å². The zero-order valence-corrected chi connectivity index (χ0v) is 19.2. The molecular formula is C25H28N2O6. The van der Waals surface area contributed by atoms with Gasteiger partial charge in [0.15, 0.2) is 0 Å². The molecule has 0 aliphatic rings. The highest BCUT2D eigenvalue weighted by Crippen LogP contribution is 2.21. The highest BCUT2D eigenvalue weighted by molar-refractivity contribution is 5.90. The number of aromatic nitrogens is 1. The van der Waals surface area contributed by atoms with Gasteiger partial charge in [0.1, 0.15) is 18.2 Å². The molecule has 0 saturated heterocycles. The Bertz CT molecular complexity index is 1130. The maximum absolute atomic E-state index is 12.6. The van der Waals surface area contributed by atoms with Crippen LogP contribution in [0.2, 0.25) is 0 Å². The second-order valence-corrected chi connectivity index (χ2v) is 8.55. The normalized spacial score (nSPS) is 12.1. The van der Waals surface area contributed by atoms with Gasteiger partial charge in [0.25, 0.3) is 0 Å². The van der Waals surface area contributed by atoms with Crippen LogP contribution < -0.4 is 5.32 Å². The summed E-state index contributed by atoms with van der Waals surface area (Å²) in [6.45, 7) is 5.47. The minimum Gasteiger partial charge on any atom is -0.467 e. The predicted molar refractivity (Wildman–Crippen MR) is 123 cm³/mol. The fourth-order valence-corrected chi connectivity index (χ4v) is 3.25. The quantitative estimate of drug-likeness (QED) is 0.439. The number of hydrogen-bond donors (Lipinski definition) is 1. The SMILES string of the molecule is COC(=O)[C@@H](Cc1ccc2ccn(C(=O)OC(C)(C)C)c2c1)NC(=O)OCc1ccccc1. The molecule has 1 amide bonds. The van der Waals surface area contributed by atoms with Crippen molar-refractivity contribution in [1.29, 1.82) is 0 Å². The van der Waals surface area contributed by atoms with E-state index in [1.807, 2.05) is 42.5 Å². The van der Waals surface area contributed by atoms with Gasteiger partial charge in [-0.15, -0.1) is 0 Å². The van der Waals surface area contributed by atoms with Crippen LogP contribution in [0.4, 0.5) is 9.59 Å². The number of carbonyl (C=O) groups is 3. The summed E-state index contributed by atoms with van der Waals surface area (Å²) >= 11 is 0. The van der Waals surface area contributed by atoms with Gasteiger partial charge in [-0.1, -0.05) is 42.5 Å². The first kappa shape index (κ1) is 23.8. The number of ether oxygens (including phenoxy) is 3. The first-order valence-electron chi connectivity index (χ1n) is 10.5. The maximum Gasteiger partial charge on any atom is 0.418 e. The minimum atomic E-state index is -0.958. The summed E-state index contributed by atoms with van der Waals surface area (Å²) in [5.41, 5.74) is 1.56. The molecule has 8 nitrogen and oxygen atoms in total. The van der Waals surface area contributed by atoms with Crippen LogP contribution in [-0.2, 0) is 32.0 Å². The lowest BCUT2D eigenvalue weighted by Crippen LogP contribution is -2.43. The van der Waals surface area contributed by atoms with E-state index in [1.165, 1.54) is 11.7 Å². The Balaban J connectivity index is 1.73. The van der Waals surface area contributed by atoms with E-state index in [-0.39, 0.29) is 13.0 Å². The van der Waals surface area contributed by atoms with Gasteiger partial charge in [0, 0.05) is 18.0 Å². The number of nitrogens with zero attached hydrogens (tertiary/aromatic N) is 1. The second kappa shape index (κ2) is 10.2. The highest BCUT2D eigenvalue weighted by atomic mass is 16.6. The van der Waals surface area contributed by atoms with Crippen LogP contribution in [0, 0.1) is 0 Å². The van der Waals surface area contributed by atoms with Gasteiger partial charge in [-0.05, 0) is 44.0 Å². The van der Waals surface area contributed by atoms with Crippen molar-refractivity contribution in [3.8, 4) is 0 Å². The Morgan fingerprint density at radius 2 is 1.73 bits per heavy atom. The predicted octanol–water partition coefficient (Wildman–Crippen LogP) is 4.44. The van der Waals surface area contributed by atoms with Crippen LogP contribution in [0.15, 0.2) is 60.8 Å². The lowest BCUT2D eigenvalue weighted by Gasteiger charge is -2.20. The van der Waals surface area contributed by atoms with Crippen molar-refractivity contribution >= 4 is 29.1 Å². The number of hydrogen-bond acceptors (Lipinski definition) is 6. The molecule has 0 fully saturated rings. The third-order valence-corrected chi connectivity index (χ3v) is 4.78. The summed E-state index contributed by atoms with van der Waals surface area (Å²) in [7, 11) is 1.25. The molecule has 0 saturated carbocycles. The van der Waals surface area contributed by atoms with Crippen molar-refractivity contribution in [2.45, 2.75) is 45.4 Å². The molecular weight excluding hydrogens is 424 g/mol. The molecule has 0 radical (unpaired) electrons. The van der Waals surface area contributed by atoms with Crippen LogP contribution in [0.3, 0.4) is 0 Å². The minimum absolute atomic E-state index is 0.0793. The van der Waals surface area contributed by atoms with Crippen molar-refractivity contribution in [3.05, 3.63) is 71.9 Å². The summed E-state index contributed by atoms with van der Waals surface area (Å²) in [5, 5.41) is 3.40. The highest BCUT2D eigenvalue weighted by Gasteiger charge is 2.24. The number of fused-ring (bicyclic) bond motifs is 1. The molecule has 0 bridgehead atoms. The van der Waals surface area contributed by atoms with Crippen molar-refractivity contribution in [2.24, 2.45) is 0 Å². The van der Waals surface area contributed by atoms with Crippen molar-refractivity contribution in [2.75, 3.05) is 7.11 Å². The van der Waals surface area contributed by atoms with Crippen LogP contribution in [-0.4, -0.2) is 41.5 Å². The molecule has 33 heavy (non-hydrogen) atoms. The van der Waals surface area contributed by atoms with E-state index >= 15 is 0 Å². The Labute approximate surface area is 192 Å². The second-order valence-electron chi connectivity index (χ2n) is 8.55. The molecule has 3 rings (SSSR count). The Morgan fingerprint density at radius 1 is 1.00 bits per heavy atom. The lowest BCUT2D eigenvalue weighted by molar-refractivity contribution is -0.143. The van der Waals surface area contributed by atoms with Crippen LogP contribution in [0.25, 0.3) is 10.9 Å². The van der Waals surface area contributed by atoms with E-state index in [4.69, 9.17) is 14.2 Å². The van der Waals surface area contributed by atoms with E-state index < -0.39 is 29.8 Å². The topological polar surface area (TPSA) is 95.9 Å². The first-order valence-corrected chi connectivity index (χ1v) is 10.5. The van der Waals surface area contributed by atoms with Gasteiger partial charge in [-0.2, -0.15) is 0 Å². The fraction of sp³-hybridized carbons (Fsp3) is 0.320. The molecule has 1 heterocycles. The largest absolute Gasteiger partial charge is 0.467 e. The molecule has 0 unspecified atom stereocenters. The average molecular weight is 453 g/mol. The van der Waals surface area contributed by atoms with Gasteiger partial charge < -0.3 is 19.5 Å². The monoisotopic (exact) mass is 452 g/mol. The first-order chi connectivity index (χ1) is 15.7. The molecule has 3 aromatic rings. The van der Waals surface area contributed by atoms with Crippen molar-refractivity contribution in [3.63, 3.8) is 0 Å². The standard InChI is InChI=1S/C25H28N2O6/c1-25(2,3)33-24(30)27-13-12-19-11-10-18(15-21(19)27)14-20(22(28)31-4)26-23(29)32-16-17-8-6-5-7-9-17/h5-13,15,20H,14,16H2,1-4H3,(H,26,29)/t20-/m1/s1. The maximum atomic E-state index is 12.6. The molecule has 2 aromatic carbocycles. The Kier molecular flexibility index (Phi) is 7.37. The number of nitrogens with one attached hydrogen (secondary N) is 1. The smallest absolute Gasteiger partial charge is 0.418 e. The van der Waals surface area contributed by atoms with E-state index in [1.54, 1.807) is 39.1 Å². The zero-order chi connectivity index (χ0) is 24.0. The number of alkyl carbamates (subject to hydrolysis) is 1. The molecule has 8 heteroatoms. The summed E-state index contributed by atoms with van der Waals surface area (Å²) in [5.74, 6) is -0.603. The van der Waals surface area contributed by atoms with E-state index in [0.29, 0.717) is 5.52 Å². The third kappa shape index (κ3) is 6.58. The Hall–Kier alpha value is -3.81. The Morgan fingerprint density at radius 3 is 2.39 bits per heavy atom.